The maximum absolute atomic E-state index is 14.4. The lowest BCUT2D eigenvalue weighted by atomic mass is 9.78. The van der Waals surface area contributed by atoms with Crippen LogP contribution in [-0.4, -0.2) is 39.4 Å². The van der Waals surface area contributed by atoms with Gasteiger partial charge in [0.25, 0.3) is 5.92 Å². The first-order valence-corrected chi connectivity index (χ1v) is 11.0. The van der Waals surface area contributed by atoms with Crippen LogP contribution in [0, 0.1) is 5.92 Å². The van der Waals surface area contributed by atoms with E-state index in [1.807, 2.05) is 20.0 Å². The van der Waals surface area contributed by atoms with Crippen LogP contribution >= 0.6 is 22.9 Å². The molecule has 160 valence electrons. The Kier molecular flexibility index (Phi) is 5.71. The number of nitrogens with one attached hydrogen (secondary N) is 1. The molecule has 2 N–H and O–H groups in total. The first-order valence-electron chi connectivity index (χ1n) is 9.81. The molecule has 1 fully saturated rings. The number of piperidine rings is 1. The Morgan fingerprint density at radius 2 is 2.28 bits per heavy atom. The van der Waals surface area contributed by atoms with Gasteiger partial charge in [-0.2, -0.15) is 8.78 Å². The zero-order valence-corrected chi connectivity index (χ0v) is 17.9. The number of rotatable bonds is 5. The van der Waals surface area contributed by atoms with Gasteiger partial charge in [0.2, 0.25) is 0 Å². The second-order valence-corrected chi connectivity index (χ2v) is 9.98. The molecule has 10 heteroatoms. The molecule has 2 aliphatic heterocycles. The Morgan fingerprint density at radius 1 is 1.48 bits per heavy atom. The number of nitrogens with zero attached hydrogens (tertiary/aromatic N) is 3. The highest BCUT2D eigenvalue weighted by atomic mass is 35.5. The van der Waals surface area contributed by atoms with Gasteiger partial charge >= 0.3 is 0 Å². The molecule has 0 saturated carbocycles. The van der Waals surface area contributed by atoms with Crippen LogP contribution < -0.4 is 5.32 Å². The van der Waals surface area contributed by atoms with E-state index in [0.717, 1.165) is 12.1 Å². The van der Waals surface area contributed by atoms with Gasteiger partial charge < -0.3 is 15.2 Å². The van der Waals surface area contributed by atoms with E-state index in [1.54, 1.807) is 4.68 Å². The van der Waals surface area contributed by atoms with Gasteiger partial charge in [-0.05, 0) is 31.7 Å². The Labute approximate surface area is 177 Å². The topological polar surface area (TPSA) is 72.2 Å². The molecule has 0 aliphatic carbocycles. The lowest BCUT2D eigenvalue weighted by Crippen LogP contribution is -2.51. The van der Waals surface area contributed by atoms with Gasteiger partial charge in [-0.1, -0.05) is 23.7 Å². The van der Waals surface area contributed by atoms with E-state index in [4.69, 9.17) is 16.3 Å². The maximum Gasteiger partial charge on any atom is 0.297 e. The standard InChI is InChI=1S/C19H25ClF2N4O2S/c1-11(9-27)3-4-26-8-15(24-25-26)14-7-18(6-12(2)23-14)17-13(5-16(20)29-17)19(21,22)10-28-18/h5,8,11-12,14,23,27H,3-4,6-7,9-10H2,1-2H3/t11-,12+,14+,18+/m1/s1. The van der Waals surface area contributed by atoms with Gasteiger partial charge in [0.05, 0.1) is 22.3 Å². The smallest absolute Gasteiger partial charge is 0.297 e. The summed E-state index contributed by atoms with van der Waals surface area (Å²) in [6, 6.07) is 1.27. The Morgan fingerprint density at radius 3 is 3.03 bits per heavy atom. The molecule has 4 atom stereocenters. The van der Waals surface area contributed by atoms with E-state index in [2.05, 4.69) is 15.6 Å². The van der Waals surface area contributed by atoms with E-state index in [1.165, 1.54) is 17.4 Å². The predicted octanol–water partition coefficient (Wildman–Crippen LogP) is 3.84. The fraction of sp³-hybridized carbons (Fsp3) is 0.684. The van der Waals surface area contributed by atoms with Crippen molar-refractivity contribution in [2.24, 2.45) is 5.92 Å². The van der Waals surface area contributed by atoms with Crippen molar-refractivity contribution in [3.05, 3.63) is 32.7 Å². The molecule has 0 amide bonds. The molecule has 0 radical (unpaired) electrons. The summed E-state index contributed by atoms with van der Waals surface area (Å²) in [7, 11) is 0. The number of aromatic nitrogens is 3. The number of ether oxygens (including phenoxy) is 1. The Bertz CT molecular complexity index is 876. The SMILES string of the molecule is C[C@@H](CO)CCn1cc([C@@H]2C[C@]3(C[C@H](C)N2)OCC(F)(F)c2cc(Cl)sc23)nn1. The number of halogens is 3. The number of fused-ring (bicyclic) bond motifs is 2. The minimum Gasteiger partial charge on any atom is -0.396 e. The van der Waals surface area contributed by atoms with Crippen LogP contribution in [0.15, 0.2) is 12.3 Å². The quantitative estimate of drug-likeness (QED) is 0.730. The third-order valence-corrected chi connectivity index (χ3v) is 7.22. The minimum atomic E-state index is -3.03. The highest BCUT2D eigenvalue weighted by Crippen LogP contribution is 2.54. The third kappa shape index (κ3) is 4.07. The molecule has 0 bridgehead atoms. The van der Waals surface area contributed by atoms with Crippen molar-refractivity contribution >= 4 is 22.9 Å². The zero-order valence-electron chi connectivity index (χ0n) is 16.4. The van der Waals surface area contributed by atoms with Crippen LogP contribution in [-0.2, 0) is 22.8 Å². The summed E-state index contributed by atoms with van der Waals surface area (Å²) in [5.74, 6) is -2.83. The molecule has 0 unspecified atom stereocenters. The second-order valence-electron chi connectivity index (χ2n) is 8.29. The van der Waals surface area contributed by atoms with Crippen LogP contribution in [0.1, 0.15) is 55.3 Å². The Hall–Kier alpha value is -1.13. The van der Waals surface area contributed by atoms with E-state index < -0.39 is 18.1 Å². The van der Waals surface area contributed by atoms with E-state index in [0.29, 0.717) is 28.6 Å². The van der Waals surface area contributed by atoms with Crippen molar-refractivity contribution in [1.82, 2.24) is 20.3 Å². The molecule has 2 aromatic heterocycles. The van der Waals surface area contributed by atoms with Gasteiger partial charge in [-0.15, -0.1) is 16.4 Å². The summed E-state index contributed by atoms with van der Waals surface area (Å²) in [5.41, 5.74) is -0.0507. The predicted molar refractivity (Wildman–Crippen MR) is 106 cm³/mol. The number of aliphatic hydroxyl groups is 1. The fourth-order valence-corrected chi connectivity index (χ4v) is 5.67. The van der Waals surface area contributed by atoms with Crippen LogP contribution in [0.25, 0.3) is 0 Å². The summed E-state index contributed by atoms with van der Waals surface area (Å²) in [5, 5.41) is 21.2. The van der Waals surface area contributed by atoms with Gasteiger partial charge in [0.15, 0.2) is 0 Å². The van der Waals surface area contributed by atoms with Gasteiger partial charge in [0.1, 0.15) is 12.2 Å². The molecule has 29 heavy (non-hydrogen) atoms. The van der Waals surface area contributed by atoms with Crippen LogP contribution in [0.5, 0.6) is 0 Å². The first kappa shape index (κ1) is 21.1. The lowest BCUT2D eigenvalue weighted by molar-refractivity contribution is -0.183. The summed E-state index contributed by atoms with van der Waals surface area (Å²) in [4.78, 5) is 0.529. The van der Waals surface area contributed by atoms with Gasteiger partial charge in [-0.25, -0.2) is 0 Å². The summed E-state index contributed by atoms with van der Waals surface area (Å²) in [6.45, 7) is 4.16. The number of thiophene rings is 1. The van der Waals surface area contributed by atoms with Crippen LogP contribution in [0.2, 0.25) is 4.34 Å². The van der Waals surface area contributed by atoms with Crippen molar-refractivity contribution in [2.45, 2.75) is 63.3 Å². The normalized spacial score (nSPS) is 29.7. The summed E-state index contributed by atoms with van der Waals surface area (Å²) in [6.07, 6.45) is 3.76. The van der Waals surface area contributed by atoms with Crippen molar-refractivity contribution in [3.8, 4) is 0 Å². The number of aliphatic hydroxyl groups excluding tert-OH is 1. The molecule has 4 rings (SSSR count). The molecule has 6 nitrogen and oxygen atoms in total. The molecule has 0 aromatic carbocycles. The molecule has 4 heterocycles. The van der Waals surface area contributed by atoms with E-state index in [-0.39, 0.29) is 30.2 Å². The number of aryl methyl sites for hydroxylation is 1. The van der Waals surface area contributed by atoms with Crippen molar-refractivity contribution in [2.75, 3.05) is 13.2 Å². The average Bonchev–Trinajstić information content (AvgIpc) is 3.31. The molecule has 1 saturated heterocycles. The Balaban J connectivity index is 1.59. The van der Waals surface area contributed by atoms with Crippen LogP contribution in [0.3, 0.4) is 0 Å². The zero-order chi connectivity index (χ0) is 20.8. The largest absolute Gasteiger partial charge is 0.396 e. The van der Waals surface area contributed by atoms with Crippen molar-refractivity contribution < 1.29 is 18.6 Å². The van der Waals surface area contributed by atoms with Gasteiger partial charge in [0, 0.05) is 36.1 Å². The number of alkyl halides is 2. The van der Waals surface area contributed by atoms with Crippen molar-refractivity contribution in [1.29, 1.82) is 0 Å². The first-order chi connectivity index (χ1) is 13.7. The van der Waals surface area contributed by atoms with Crippen molar-refractivity contribution in [3.63, 3.8) is 0 Å². The maximum atomic E-state index is 14.4. The molecular formula is C19H25ClF2N4O2S. The summed E-state index contributed by atoms with van der Waals surface area (Å²) >= 11 is 7.30. The lowest BCUT2D eigenvalue weighted by Gasteiger charge is -2.47. The van der Waals surface area contributed by atoms with E-state index in [9.17, 15) is 13.9 Å². The number of hydrogen-bond donors (Lipinski definition) is 2. The van der Waals surface area contributed by atoms with Gasteiger partial charge in [-0.3, -0.25) is 4.68 Å². The number of hydrogen-bond acceptors (Lipinski definition) is 6. The summed E-state index contributed by atoms with van der Waals surface area (Å²) < 4.78 is 36.8. The highest BCUT2D eigenvalue weighted by molar-refractivity contribution is 7.16. The molecule has 2 aliphatic rings. The fourth-order valence-electron chi connectivity index (χ4n) is 4.23. The van der Waals surface area contributed by atoms with Crippen LogP contribution in [0.4, 0.5) is 8.78 Å². The molecule has 2 aromatic rings. The monoisotopic (exact) mass is 446 g/mol. The van der Waals surface area contributed by atoms with E-state index >= 15 is 0 Å². The second kappa shape index (κ2) is 7.85. The minimum absolute atomic E-state index is 0.00625. The highest BCUT2D eigenvalue weighted by Gasteiger charge is 2.53. The molecule has 1 spiro atoms. The molecular weight excluding hydrogens is 422 g/mol. The average molecular weight is 447 g/mol. The third-order valence-electron chi connectivity index (χ3n) is 5.77.